The van der Waals surface area contributed by atoms with Gasteiger partial charge in [0.1, 0.15) is 0 Å². The minimum absolute atomic E-state index is 0.00391. The van der Waals surface area contributed by atoms with Gasteiger partial charge in [0.25, 0.3) is 0 Å². The average molecular weight is 425 g/mol. The first kappa shape index (κ1) is 22.2. The van der Waals surface area contributed by atoms with E-state index < -0.39 is 0 Å². The standard InChI is InChI=1S/C30H48O/c1-25(2)15-9-10-23-29(25,7)19-18-28(6)21-11-12-22-26(3,4)24(31)14-16-27(22,5)20(21)13-17-30(23,28)8/h11,13,22-24,31H,9-10,12,14-19H2,1-8H3. The predicted molar refractivity (Wildman–Crippen MR) is 131 cm³/mol. The molecule has 174 valence electrons. The molecular formula is C30H48O. The molecule has 1 N–H and O–H groups in total. The van der Waals surface area contributed by atoms with Crippen LogP contribution in [0.1, 0.15) is 113 Å². The van der Waals surface area contributed by atoms with Crippen molar-refractivity contribution in [2.45, 2.75) is 119 Å². The highest BCUT2D eigenvalue weighted by Gasteiger charge is 2.66. The zero-order valence-electron chi connectivity index (χ0n) is 21.7. The Morgan fingerprint density at radius 2 is 1.45 bits per heavy atom. The number of fused-ring (bicyclic) bond motifs is 7. The Morgan fingerprint density at radius 3 is 2.16 bits per heavy atom. The SMILES string of the molecule is CC12CCC(O)C(C)(C)C1CC=C1C2=CCC2(C)C3CCCC(C)(C)C3(C)CCC12C. The minimum atomic E-state index is -0.162. The summed E-state index contributed by atoms with van der Waals surface area (Å²) >= 11 is 0. The Balaban J connectivity index is 1.61. The van der Waals surface area contributed by atoms with E-state index in [1.165, 1.54) is 38.5 Å². The Kier molecular flexibility index (Phi) is 4.53. The molecule has 0 aliphatic heterocycles. The van der Waals surface area contributed by atoms with E-state index in [4.69, 9.17) is 0 Å². The molecule has 0 heterocycles. The smallest absolute Gasteiger partial charge is 0.0594 e. The number of rotatable bonds is 0. The van der Waals surface area contributed by atoms with Crippen molar-refractivity contribution in [1.29, 1.82) is 0 Å². The van der Waals surface area contributed by atoms with Crippen LogP contribution in [0.2, 0.25) is 0 Å². The van der Waals surface area contributed by atoms with Gasteiger partial charge in [-0.2, -0.15) is 0 Å². The zero-order valence-corrected chi connectivity index (χ0v) is 21.7. The van der Waals surface area contributed by atoms with Gasteiger partial charge in [0, 0.05) is 0 Å². The lowest BCUT2D eigenvalue weighted by Gasteiger charge is -2.70. The molecule has 5 rings (SSSR count). The van der Waals surface area contributed by atoms with E-state index >= 15 is 0 Å². The summed E-state index contributed by atoms with van der Waals surface area (Å²) in [5.74, 6) is 1.37. The van der Waals surface area contributed by atoms with E-state index in [-0.39, 0.29) is 16.9 Å². The Morgan fingerprint density at radius 1 is 0.742 bits per heavy atom. The molecule has 0 saturated heterocycles. The Labute approximate surface area is 192 Å². The molecule has 5 aliphatic rings. The molecule has 1 nitrogen and oxygen atoms in total. The van der Waals surface area contributed by atoms with Crippen LogP contribution >= 0.6 is 0 Å². The second-order valence-corrected chi connectivity index (χ2v) is 14.5. The molecule has 0 aromatic carbocycles. The van der Waals surface area contributed by atoms with Crippen LogP contribution in [-0.2, 0) is 0 Å². The predicted octanol–water partition coefficient (Wildman–Crippen LogP) is 8.09. The third kappa shape index (κ3) is 2.49. The second kappa shape index (κ2) is 6.31. The summed E-state index contributed by atoms with van der Waals surface area (Å²) in [6.07, 6.45) is 16.6. The lowest BCUT2D eigenvalue weighted by Crippen LogP contribution is -2.62. The normalized spacial score (nSPS) is 52.6. The first-order chi connectivity index (χ1) is 14.2. The van der Waals surface area contributed by atoms with Crippen molar-refractivity contribution in [1.82, 2.24) is 0 Å². The maximum absolute atomic E-state index is 10.8. The molecule has 7 unspecified atom stereocenters. The lowest BCUT2D eigenvalue weighted by atomic mass is 9.34. The van der Waals surface area contributed by atoms with Crippen LogP contribution < -0.4 is 0 Å². The van der Waals surface area contributed by atoms with E-state index in [1.54, 1.807) is 11.1 Å². The fourth-order valence-electron chi connectivity index (χ4n) is 10.1. The molecule has 0 aromatic rings. The minimum Gasteiger partial charge on any atom is -0.393 e. The van der Waals surface area contributed by atoms with Gasteiger partial charge in [0.05, 0.1) is 6.10 Å². The molecule has 3 saturated carbocycles. The average Bonchev–Trinajstić information content (AvgIpc) is 2.68. The summed E-state index contributed by atoms with van der Waals surface area (Å²) in [7, 11) is 0. The van der Waals surface area contributed by atoms with Gasteiger partial charge in [-0.15, -0.1) is 0 Å². The molecule has 3 fully saturated rings. The summed E-state index contributed by atoms with van der Waals surface area (Å²) in [4.78, 5) is 0. The van der Waals surface area contributed by atoms with Gasteiger partial charge in [-0.05, 0) is 107 Å². The Bertz CT molecular complexity index is 844. The van der Waals surface area contributed by atoms with E-state index in [9.17, 15) is 5.11 Å². The van der Waals surface area contributed by atoms with Gasteiger partial charge in [0.15, 0.2) is 0 Å². The van der Waals surface area contributed by atoms with Crippen LogP contribution in [0.4, 0.5) is 0 Å². The topological polar surface area (TPSA) is 20.2 Å². The van der Waals surface area contributed by atoms with Crippen molar-refractivity contribution in [3.8, 4) is 0 Å². The van der Waals surface area contributed by atoms with Gasteiger partial charge in [0.2, 0.25) is 0 Å². The molecule has 0 spiro atoms. The highest BCUT2D eigenvalue weighted by atomic mass is 16.3. The van der Waals surface area contributed by atoms with Gasteiger partial charge < -0.3 is 5.11 Å². The van der Waals surface area contributed by atoms with E-state index in [2.05, 4.69) is 67.5 Å². The molecule has 0 radical (unpaired) electrons. The number of allylic oxidation sites excluding steroid dienone is 4. The summed E-state index contributed by atoms with van der Waals surface area (Å²) < 4.78 is 0. The molecular weight excluding hydrogens is 376 g/mol. The fraction of sp³-hybridized carbons (Fsp3) is 0.867. The maximum Gasteiger partial charge on any atom is 0.0594 e. The molecule has 1 heteroatoms. The zero-order chi connectivity index (χ0) is 22.7. The van der Waals surface area contributed by atoms with Crippen molar-refractivity contribution in [3.05, 3.63) is 23.3 Å². The maximum atomic E-state index is 10.8. The van der Waals surface area contributed by atoms with Gasteiger partial charge in [-0.25, -0.2) is 0 Å². The third-order valence-electron chi connectivity index (χ3n) is 13.0. The molecule has 5 aliphatic carbocycles. The summed E-state index contributed by atoms with van der Waals surface area (Å²) in [6.45, 7) is 20.3. The first-order valence-electron chi connectivity index (χ1n) is 13.3. The van der Waals surface area contributed by atoms with E-state index in [1.807, 2.05) is 0 Å². The van der Waals surface area contributed by atoms with Gasteiger partial charge in [-0.1, -0.05) is 74.0 Å². The second-order valence-electron chi connectivity index (χ2n) is 14.5. The number of hydrogen-bond acceptors (Lipinski definition) is 1. The monoisotopic (exact) mass is 424 g/mol. The van der Waals surface area contributed by atoms with Crippen molar-refractivity contribution in [3.63, 3.8) is 0 Å². The highest BCUT2D eigenvalue weighted by molar-refractivity contribution is 5.49. The summed E-state index contributed by atoms with van der Waals surface area (Å²) in [5.41, 5.74) is 5.19. The van der Waals surface area contributed by atoms with Crippen LogP contribution in [0.3, 0.4) is 0 Å². The van der Waals surface area contributed by atoms with Gasteiger partial charge in [-0.3, -0.25) is 0 Å². The van der Waals surface area contributed by atoms with Crippen LogP contribution in [0.15, 0.2) is 23.3 Å². The summed E-state index contributed by atoms with van der Waals surface area (Å²) in [5, 5.41) is 10.8. The van der Waals surface area contributed by atoms with Crippen molar-refractivity contribution in [2.75, 3.05) is 0 Å². The Hall–Kier alpha value is -0.560. The van der Waals surface area contributed by atoms with Crippen molar-refractivity contribution < 1.29 is 5.11 Å². The van der Waals surface area contributed by atoms with E-state index in [0.29, 0.717) is 27.6 Å². The third-order valence-corrected chi connectivity index (χ3v) is 13.0. The number of aliphatic hydroxyl groups excluding tert-OH is 1. The number of hydrogen-bond donors (Lipinski definition) is 1. The molecule has 7 atom stereocenters. The number of aliphatic hydroxyl groups is 1. The van der Waals surface area contributed by atoms with Gasteiger partial charge >= 0.3 is 0 Å². The molecule has 0 amide bonds. The van der Waals surface area contributed by atoms with Crippen LogP contribution in [0.5, 0.6) is 0 Å². The lowest BCUT2D eigenvalue weighted by molar-refractivity contribution is -0.170. The fourth-order valence-corrected chi connectivity index (χ4v) is 10.1. The highest BCUT2D eigenvalue weighted by Crippen LogP contribution is 2.75. The quantitative estimate of drug-likeness (QED) is 0.416. The summed E-state index contributed by atoms with van der Waals surface area (Å²) in [6, 6.07) is 0. The first-order valence-corrected chi connectivity index (χ1v) is 13.3. The largest absolute Gasteiger partial charge is 0.393 e. The van der Waals surface area contributed by atoms with E-state index in [0.717, 1.165) is 25.2 Å². The van der Waals surface area contributed by atoms with Crippen LogP contribution in [-0.4, -0.2) is 11.2 Å². The van der Waals surface area contributed by atoms with Crippen LogP contribution in [0.25, 0.3) is 0 Å². The van der Waals surface area contributed by atoms with Crippen LogP contribution in [0, 0.1) is 44.3 Å². The molecule has 0 bridgehead atoms. The van der Waals surface area contributed by atoms with Crippen molar-refractivity contribution in [2.24, 2.45) is 44.3 Å². The molecule has 0 aromatic heterocycles. The van der Waals surface area contributed by atoms with Crippen molar-refractivity contribution >= 4 is 0 Å². The molecule has 31 heavy (non-hydrogen) atoms.